The summed E-state index contributed by atoms with van der Waals surface area (Å²) in [5.74, 6) is -0.272. The maximum Gasteiger partial charge on any atom is 0.338 e. The van der Waals surface area contributed by atoms with E-state index >= 15 is 0 Å². The number of hydrogen-bond donors (Lipinski definition) is 1. The molecule has 3 aromatic rings. The molecule has 1 saturated heterocycles. The number of carbonyl (C=O) groups excluding carboxylic acids is 2. The second-order valence-corrected chi connectivity index (χ2v) is 10.6. The summed E-state index contributed by atoms with van der Waals surface area (Å²) in [5.41, 5.74) is 1.41. The molecule has 0 atom stereocenters. The predicted molar refractivity (Wildman–Crippen MR) is 136 cm³/mol. The lowest BCUT2D eigenvalue weighted by molar-refractivity contribution is -0.119. The lowest BCUT2D eigenvalue weighted by Crippen LogP contribution is -2.40. The largest absolute Gasteiger partial charge is 0.493 e. The van der Waals surface area contributed by atoms with Crippen LogP contribution in [0.4, 0.5) is 5.13 Å². The van der Waals surface area contributed by atoms with Crippen molar-refractivity contribution < 1.29 is 37.0 Å². The van der Waals surface area contributed by atoms with E-state index in [9.17, 15) is 18.0 Å². The number of methoxy groups -OCH3 is 2. The number of ether oxygens (including phenoxy) is 4. The first kappa shape index (κ1) is 26.5. The van der Waals surface area contributed by atoms with Crippen molar-refractivity contribution in [1.29, 1.82) is 0 Å². The smallest absolute Gasteiger partial charge is 0.338 e. The van der Waals surface area contributed by atoms with Gasteiger partial charge in [-0.2, -0.15) is 4.31 Å². The van der Waals surface area contributed by atoms with Crippen molar-refractivity contribution >= 4 is 38.4 Å². The Morgan fingerprint density at radius 3 is 2.57 bits per heavy atom. The number of esters is 1. The molecule has 1 N–H and O–H groups in total. The molecule has 2 aromatic carbocycles. The van der Waals surface area contributed by atoms with Crippen LogP contribution in [0.25, 0.3) is 11.3 Å². The van der Waals surface area contributed by atoms with E-state index in [1.54, 1.807) is 24.6 Å². The van der Waals surface area contributed by atoms with Crippen molar-refractivity contribution in [3.05, 3.63) is 53.4 Å². The number of hydrogen-bond acceptors (Lipinski definition) is 10. The van der Waals surface area contributed by atoms with Gasteiger partial charge < -0.3 is 18.9 Å². The zero-order valence-electron chi connectivity index (χ0n) is 20.1. The fraction of sp³-hybridized carbons (Fsp3) is 0.292. The highest BCUT2D eigenvalue weighted by Gasteiger charge is 2.27. The molecule has 1 aromatic heterocycles. The summed E-state index contributed by atoms with van der Waals surface area (Å²) in [6.45, 7) is 0.532. The van der Waals surface area contributed by atoms with Crippen molar-refractivity contribution in [1.82, 2.24) is 9.29 Å². The van der Waals surface area contributed by atoms with Crippen molar-refractivity contribution in [2.24, 2.45) is 0 Å². The second kappa shape index (κ2) is 11.7. The van der Waals surface area contributed by atoms with Crippen LogP contribution in [0.5, 0.6) is 11.5 Å². The number of thiazole rings is 1. The van der Waals surface area contributed by atoms with E-state index in [-0.39, 0.29) is 23.5 Å². The molecule has 4 rings (SSSR count). The molecule has 2 heterocycles. The summed E-state index contributed by atoms with van der Waals surface area (Å²) in [6.07, 6.45) is 0. The molecule has 0 radical (unpaired) electrons. The van der Waals surface area contributed by atoms with Crippen LogP contribution in [0.1, 0.15) is 10.4 Å². The van der Waals surface area contributed by atoms with Gasteiger partial charge in [0.15, 0.2) is 23.2 Å². The van der Waals surface area contributed by atoms with Gasteiger partial charge in [0.05, 0.1) is 43.6 Å². The van der Waals surface area contributed by atoms with E-state index in [0.29, 0.717) is 35.5 Å². The lowest BCUT2D eigenvalue weighted by Gasteiger charge is -2.26. The van der Waals surface area contributed by atoms with Crippen LogP contribution in [0.15, 0.2) is 52.7 Å². The predicted octanol–water partition coefficient (Wildman–Crippen LogP) is 2.64. The van der Waals surface area contributed by atoms with Gasteiger partial charge in [-0.05, 0) is 36.4 Å². The molecule has 1 aliphatic heterocycles. The normalized spacial score (nSPS) is 14.1. The van der Waals surface area contributed by atoms with E-state index in [4.69, 9.17) is 18.9 Å². The van der Waals surface area contributed by atoms with Crippen LogP contribution < -0.4 is 14.8 Å². The molecule has 37 heavy (non-hydrogen) atoms. The Morgan fingerprint density at radius 2 is 1.84 bits per heavy atom. The van der Waals surface area contributed by atoms with Crippen LogP contribution in [-0.2, 0) is 24.3 Å². The standard InChI is InChI=1S/C24H25N3O8S2/c1-32-20-7-6-16(13-21(20)33-2)19-15-36-24(25-19)26-22(28)14-35-23(29)17-4-3-5-18(12-17)37(30,31)27-8-10-34-11-9-27/h3-7,12-13,15H,8-11,14H2,1-2H3,(H,25,26,28). The van der Waals surface area contributed by atoms with Crippen molar-refractivity contribution in [3.8, 4) is 22.8 Å². The average Bonchev–Trinajstić information content (AvgIpc) is 3.40. The van der Waals surface area contributed by atoms with Crippen LogP contribution in [-0.4, -0.2) is 76.7 Å². The van der Waals surface area contributed by atoms with Gasteiger partial charge in [0.2, 0.25) is 10.0 Å². The summed E-state index contributed by atoms with van der Waals surface area (Å²) in [7, 11) is -0.691. The maximum absolute atomic E-state index is 12.8. The summed E-state index contributed by atoms with van der Waals surface area (Å²) in [6, 6.07) is 10.9. The highest BCUT2D eigenvalue weighted by molar-refractivity contribution is 7.89. The van der Waals surface area contributed by atoms with Crippen molar-refractivity contribution in [3.63, 3.8) is 0 Å². The number of anilines is 1. The average molecular weight is 548 g/mol. The van der Waals surface area contributed by atoms with Gasteiger partial charge in [0.25, 0.3) is 5.91 Å². The molecule has 1 amide bonds. The maximum atomic E-state index is 12.8. The van der Waals surface area contributed by atoms with Crippen molar-refractivity contribution in [2.75, 3.05) is 52.4 Å². The highest BCUT2D eigenvalue weighted by Crippen LogP contribution is 2.33. The molecule has 1 fully saturated rings. The monoisotopic (exact) mass is 547 g/mol. The number of nitrogens with one attached hydrogen (secondary N) is 1. The van der Waals surface area contributed by atoms with Crippen LogP contribution in [0.3, 0.4) is 0 Å². The first-order chi connectivity index (χ1) is 17.8. The minimum atomic E-state index is -3.77. The van der Waals surface area contributed by atoms with Gasteiger partial charge in [-0.25, -0.2) is 18.2 Å². The molecule has 1 aliphatic rings. The third kappa shape index (κ3) is 6.25. The number of nitrogens with zero attached hydrogens (tertiary/aromatic N) is 2. The number of sulfonamides is 1. The Kier molecular flexibility index (Phi) is 8.38. The van der Waals surface area contributed by atoms with Crippen LogP contribution in [0, 0.1) is 0 Å². The topological polar surface area (TPSA) is 133 Å². The number of morpholine rings is 1. The Morgan fingerprint density at radius 1 is 1.08 bits per heavy atom. The molecular formula is C24H25N3O8S2. The second-order valence-electron chi connectivity index (χ2n) is 7.78. The number of aromatic nitrogens is 1. The molecule has 13 heteroatoms. The zero-order chi connectivity index (χ0) is 26.4. The summed E-state index contributed by atoms with van der Waals surface area (Å²) in [5, 5.41) is 4.68. The molecule has 0 spiro atoms. The Balaban J connectivity index is 1.35. The lowest BCUT2D eigenvalue weighted by atomic mass is 10.1. The minimum absolute atomic E-state index is 0.0205. The quantitative estimate of drug-likeness (QED) is 0.401. The number of carbonyl (C=O) groups is 2. The molecule has 0 aliphatic carbocycles. The van der Waals surface area contributed by atoms with E-state index in [2.05, 4.69) is 10.3 Å². The zero-order valence-corrected chi connectivity index (χ0v) is 21.8. The molecule has 11 nitrogen and oxygen atoms in total. The number of amides is 1. The summed E-state index contributed by atoms with van der Waals surface area (Å²) < 4.78 is 47.8. The molecule has 0 unspecified atom stereocenters. The molecule has 0 saturated carbocycles. The highest BCUT2D eigenvalue weighted by atomic mass is 32.2. The first-order valence-electron chi connectivity index (χ1n) is 11.1. The Bertz CT molecular complexity index is 1380. The van der Waals surface area contributed by atoms with Gasteiger partial charge in [0.1, 0.15) is 0 Å². The summed E-state index contributed by atoms with van der Waals surface area (Å²) >= 11 is 1.21. The molecule has 196 valence electrons. The van der Waals surface area contributed by atoms with Crippen molar-refractivity contribution in [2.45, 2.75) is 4.90 Å². The van der Waals surface area contributed by atoms with Gasteiger partial charge in [-0.1, -0.05) is 6.07 Å². The fourth-order valence-corrected chi connectivity index (χ4v) is 5.74. The molecular weight excluding hydrogens is 522 g/mol. The van der Waals surface area contributed by atoms with E-state index < -0.39 is 28.5 Å². The van der Waals surface area contributed by atoms with Gasteiger partial charge in [-0.15, -0.1) is 11.3 Å². The summed E-state index contributed by atoms with van der Waals surface area (Å²) in [4.78, 5) is 29.2. The van der Waals surface area contributed by atoms with Crippen LogP contribution in [0.2, 0.25) is 0 Å². The van der Waals surface area contributed by atoms with E-state index in [0.717, 1.165) is 5.56 Å². The Labute approximate surface area is 218 Å². The Hall–Kier alpha value is -3.52. The van der Waals surface area contributed by atoms with E-state index in [1.807, 2.05) is 6.07 Å². The first-order valence-corrected chi connectivity index (χ1v) is 13.5. The van der Waals surface area contributed by atoms with Gasteiger partial charge >= 0.3 is 5.97 Å². The SMILES string of the molecule is COc1ccc(-c2csc(NC(=O)COC(=O)c3cccc(S(=O)(=O)N4CCOCC4)c3)n2)cc1OC. The number of benzene rings is 2. The van der Waals surface area contributed by atoms with Gasteiger partial charge in [0, 0.05) is 24.0 Å². The van der Waals surface area contributed by atoms with E-state index in [1.165, 1.54) is 47.0 Å². The fourth-order valence-electron chi connectivity index (χ4n) is 3.55. The molecule has 0 bridgehead atoms. The van der Waals surface area contributed by atoms with Gasteiger partial charge in [-0.3, -0.25) is 10.1 Å². The third-order valence-electron chi connectivity index (χ3n) is 5.44. The number of rotatable bonds is 9. The van der Waals surface area contributed by atoms with Crippen LogP contribution >= 0.6 is 11.3 Å². The minimum Gasteiger partial charge on any atom is -0.493 e. The third-order valence-corrected chi connectivity index (χ3v) is 8.09.